The molecule has 0 fully saturated rings. The van der Waals surface area contributed by atoms with E-state index in [1.807, 2.05) is 0 Å². The van der Waals surface area contributed by atoms with E-state index in [-0.39, 0.29) is 19.0 Å². The van der Waals surface area contributed by atoms with Crippen molar-refractivity contribution in [3.05, 3.63) is 0 Å². The van der Waals surface area contributed by atoms with Crippen molar-refractivity contribution in [3.8, 4) is 6.07 Å². The standard InChI is InChI=1S/C7H12N4O2/c1-5(7(9)13)11-4-6(12)10-3-2-8/h5,11H,3-4H2,1H3,(H2,9,13)(H,10,12). The van der Waals surface area contributed by atoms with E-state index in [0.29, 0.717) is 0 Å². The van der Waals surface area contributed by atoms with Crippen LogP contribution in [0.15, 0.2) is 0 Å². The number of amides is 2. The molecule has 0 aliphatic rings. The van der Waals surface area contributed by atoms with Gasteiger partial charge >= 0.3 is 0 Å². The molecule has 1 atom stereocenters. The summed E-state index contributed by atoms with van der Waals surface area (Å²) in [4.78, 5) is 21.4. The fraction of sp³-hybridized carbons (Fsp3) is 0.571. The van der Waals surface area contributed by atoms with Gasteiger partial charge in [0.25, 0.3) is 0 Å². The average Bonchev–Trinajstić information content (AvgIpc) is 2.10. The third kappa shape index (κ3) is 5.64. The number of rotatable bonds is 5. The number of nitrogens with one attached hydrogen (secondary N) is 2. The zero-order valence-corrected chi connectivity index (χ0v) is 7.33. The van der Waals surface area contributed by atoms with Crippen LogP contribution in [0.2, 0.25) is 0 Å². The quantitative estimate of drug-likeness (QED) is 0.433. The number of nitrogens with two attached hydrogens (primary N) is 1. The van der Waals surface area contributed by atoms with Crippen molar-refractivity contribution in [2.75, 3.05) is 13.1 Å². The maximum atomic E-state index is 10.9. The van der Waals surface area contributed by atoms with Crippen LogP contribution < -0.4 is 16.4 Å². The molecule has 0 aromatic carbocycles. The molecule has 0 radical (unpaired) electrons. The normalized spacial score (nSPS) is 11.4. The Morgan fingerprint density at radius 2 is 2.23 bits per heavy atom. The van der Waals surface area contributed by atoms with Crippen LogP contribution in [0.5, 0.6) is 0 Å². The van der Waals surface area contributed by atoms with Crippen LogP contribution in [-0.4, -0.2) is 30.9 Å². The highest BCUT2D eigenvalue weighted by Crippen LogP contribution is 1.76. The summed E-state index contributed by atoms with van der Waals surface area (Å²) in [5.41, 5.74) is 4.94. The fourth-order valence-electron chi connectivity index (χ4n) is 0.547. The lowest BCUT2D eigenvalue weighted by Gasteiger charge is -2.08. The number of nitriles is 1. The van der Waals surface area contributed by atoms with Gasteiger partial charge in [-0.1, -0.05) is 0 Å². The van der Waals surface area contributed by atoms with Crippen molar-refractivity contribution in [1.82, 2.24) is 10.6 Å². The van der Waals surface area contributed by atoms with Gasteiger partial charge < -0.3 is 11.1 Å². The number of carbonyl (C=O) groups excluding carboxylic acids is 2. The van der Waals surface area contributed by atoms with Crippen molar-refractivity contribution in [2.45, 2.75) is 13.0 Å². The Morgan fingerprint density at radius 3 is 2.69 bits per heavy atom. The van der Waals surface area contributed by atoms with E-state index in [1.165, 1.54) is 0 Å². The summed E-state index contributed by atoms with van der Waals surface area (Å²) in [6.07, 6.45) is 0. The average molecular weight is 184 g/mol. The minimum atomic E-state index is -0.548. The van der Waals surface area contributed by atoms with Gasteiger partial charge in [-0.15, -0.1) is 0 Å². The van der Waals surface area contributed by atoms with Gasteiger partial charge in [0, 0.05) is 0 Å². The topological polar surface area (TPSA) is 108 Å². The molecule has 0 aliphatic carbocycles. The van der Waals surface area contributed by atoms with E-state index in [9.17, 15) is 9.59 Å². The fourth-order valence-corrected chi connectivity index (χ4v) is 0.547. The van der Waals surface area contributed by atoms with Crippen LogP contribution in [0.3, 0.4) is 0 Å². The highest BCUT2D eigenvalue weighted by atomic mass is 16.2. The van der Waals surface area contributed by atoms with Crippen LogP contribution >= 0.6 is 0 Å². The van der Waals surface area contributed by atoms with Gasteiger partial charge in [0.1, 0.15) is 6.54 Å². The number of hydrogen-bond acceptors (Lipinski definition) is 4. The predicted molar refractivity (Wildman–Crippen MR) is 45.3 cm³/mol. The molecule has 72 valence electrons. The van der Waals surface area contributed by atoms with Crippen LogP contribution in [0.1, 0.15) is 6.92 Å². The SMILES string of the molecule is CC(NCC(=O)NCC#N)C(N)=O. The summed E-state index contributed by atoms with van der Waals surface area (Å²) in [6.45, 7) is 1.50. The molecule has 0 bridgehead atoms. The summed E-state index contributed by atoms with van der Waals surface area (Å²) in [7, 11) is 0. The Labute approximate surface area is 76.1 Å². The van der Waals surface area contributed by atoms with E-state index in [0.717, 1.165) is 0 Å². The molecule has 1 unspecified atom stereocenters. The Balaban J connectivity index is 3.59. The summed E-state index contributed by atoms with van der Waals surface area (Å²) in [5, 5.41) is 13.0. The first kappa shape index (κ1) is 11.4. The minimum absolute atomic E-state index is 0.0220. The Morgan fingerprint density at radius 1 is 1.62 bits per heavy atom. The number of primary amides is 1. The van der Waals surface area contributed by atoms with E-state index in [4.69, 9.17) is 11.0 Å². The van der Waals surface area contributed by atoms with Gasteiger partial charge in [-0.25, -0.2) is 0 Å². The highest BCUT2D eigenvalue weighted by Gasteiger charge is 2.08. The van der Waals surface area contributed by atoms with Crippen molar-refractivity contribution >= 4 is 11.8 Å². The van der Waals surface area contributed by atoms with Crippen molar-refractivity contribution in [3.63, 3.8) is 0 Å². The molecule has 0 aromatic heterocycles. The summed E-state index contributed by atoms with van der Waals surface area (Å²) in [6, 6.07) is 1.21. The number of carbonyl (C=O) groups is 2. The van der Waals surface area contributed by atoms with Gasteiger partial charge in [-0.3, -0.25) is 14.9 Å². The molecule has 4 N–H and O–H groups in total. The van der Waals surface area contributed by atoms with Crippen molar-refractivity contribution in [2.24, 2.45) is 5.73 Å². The smallest absolute Gasteiger partial charge is 0.234 e. The largest absolute Gasteiger partial charge is 0.368 e. The molecule has 0 aliphatic heterocycles. The molecule has 0 spiro atoms. The molecule has 0 saturated heterocycles. The van der Waals surface area contributed by atoms with Crippen LogP contribution in [0.25, 0.3) is 0 Å². The van der Waals surface area contributed by atoms with Crippen LogP contribution in [0, 0.1) is 11.3 Å². The lowest BCUT2D eigenvalue weighted by atomic mass is 10.3. The molecule has 2 amide bonds. The molecule has 0 heterocycles. The van der Waals surface area contributed by atoms with Crippen molar-refractivity contribution in [1.29, 1.82) is 5.26 Å². The molecular weight excluding hydrogens is 172 g/mol. The molecule has 13 heavy (non-hydrogen) atoms. The summed E-state index contributed by atoms with van der Waals surface area (Å²) in [5.74, 6) is -0.859. The van der Waals surface area contributed by atoms with Crippen LogP contribution in [-0.2, 0) is 9.59 Å². The zero-order chi connectivity index (χ0) is 10.3. The van der Waals surface area contributed by atoms with E-state index in [1.54, 1.807) is 13.0 Å². The molecule has 0 aromatic rings. The zero-order valence-electron chi connectivity index (χ0n) is 7.33. The monoisotopic (exact) mass is 184 g/mol. The third-order valence-corrected chi connectivity index (χ3v) is 1.36. The van der Waals surface area contributed by atoms with Crippen molar-refractivity contribution < 1.29 is 9.59 Å². The number of nitrogens with zero attached hydrogens (tertiary/aromatic N) is 1. The molecule has 0 rings (SSSR count). The molecular formula is C7H12N4O2. The van der Waals surface area contributed by atoms with E-state index < -0.39 is 11.9 Å². The lowest BCUT2D eigenvalue weighted by molar-refractivity contribution is -0.121. The third-order valence-electron chi connectivity index (χ3n) is 1.36. The van der Waals surface area contributed by atoms with E-state index >= 15 is 0 Å². The maximum Gasteiger partial charge on any atom is 0.234 e. The number of hydrogen-bond donors (Lipinski definition) is 3. The van der Waals surface area contributed by atoms with Crippen LogP contribution in [0.4, 0.5) is 0 Å². The van der Waals surface area contributed by atoms with Gasteiger partial charge in [0.05, 0.1) is 18.7 Å². The lowest BCUT2D eigenvalue weighted by Crippen LogP contribution is -2.44. The maximum absolute atomic E-state index is 10.9. The first-order valence-electron chi connectivity index (χ1n) is 3.74. The van der Waals surface area contributed by atoms with Gasteiger partial charge in [-0.05, 0) is 6.92 Å². The van der Waals surface area contributed by atoms with Gasteiger partial charge in [0.15, 0.2) is 0 Å². The molecule has 6 heteroatoms. The first-order chi connectivity index (χ1) is 6.07. The van der Waals surface area contributed by atoms with E-state index in [2.05, 4.69) is 10.6 Å². The minimum Gasteiger partial charge on any atom is -0.368 e. The Kier molecular flexibility index (Phi) is 5.23. The highest BCUT2D eigenvalue weighted by molar-refractivity contribution is 5.82. The van der Waals surface area contributed by atoms with Gasteiger partial charge in [-0.2, -0.15) is 5.26 Å². The second-order valence-electron chi connectivity index (χ2n) is 2.44. The Bertz CT molecular complexity index is 233. The predicted octanol–water partition coefficient (Wildman–Crippen LogP) is -1.91. The Hall–Kier alpha value is -1.61. The molecule has 6 nitrogen and oxygen atoms in total. The summed E-state index contributed by atoms with van der Waals surface area (Å²) >= 11 is 0. The first-order valence-corrected chi connectivity index (χ1v) is 3.74. The summed E-state index contributed by atoms with van der Waals surface area (Å²) < 4.78 is 0. The second kappa shape index (κ2) is 5.97. The van der Waals surface area contributed by atoms with Gasteiger partial charge in [0.2, 0.25) is 11.8 Å². The second-order valence-corrected chi connectivity index (χ2v) is 2.44. The molecule has 0 saturated carbocycles.